The van der Waals surface area contributed by atoms with E-state index in [0.717, 1.165) is 4.90 Å². The Bertz CT molecular complexity index is 1250. The first-order valence-electron chi connectivity index (χ1n) is 11.1. The van der Waals surface area contributed by atoms with E-state index in [1.807, 2.05) is 38.1 Å². The van der Waals surface area contributed by atoms with Crippen LogP contribution in [0.25, 0.3) is 5.57 Å². The predicted molar refractivity (Wildman–Crippen MR) is 131 cm³/mol. The van der Waals surface area contributed by atoms with Gasteiger partial charge in [0.15, 0.2) is 0 Å². The molecule has 2 amide bonds. The number of benzene rings is 3. The summed E-state index contributed by atoms with van der Waals surface area (Å²) < 4.78 is 16.7. The summed E-state index contributed by atoms with van der Waals surface area (Å²) >= 11 is 0. The van der Waals surface area contributed by atoms with Gasteiger partial charge in [-0.1, -0.05) is 30.3 Å². The van der Waals surface area contributed by atoms with Crippen molar-refractivity contribution in [2.45, 2.75) is 13.8 Å². The first kappa shape index (κ1) is 22.9. The van der Waals surface area contributed by atoms with Crippen LogP contribution in [0.4, 0.5) is 11.4 Å². The summed E-state index contributed by atoms with van der Waals surface area (Å²) in [6.07, 6.45) is 0. The van der Waals surface area contributed by atoms with Crippen molar-refractivity contribution in [1.29, 1.82) is 0 Å². The zero-order valence-corrected chi connectivity index (χ0v) is 19.3. The Kier molecular flexibility index (Phi) is 6.82. The lowest BCUT2D eigenvalue weighted by atomic mass is 10.0. The van der Waals surface area contributed by atoms with Gasteiger partial charge in [0.2, 0.25) is 0 Å². The monoisotopic (exact) mass is 458 g/mol. The standard InChI is InChI=1S/C27H26N2O5/c1-4-33-20-12-8-10-18(16-20)28-25-24(22-14-6-7-15-23(22)32-3)26(30)29(27(25)31)19-11-9-13-21(17-19)34-5-2/h6-17,28H,4-5H2,1-3H3. The molecule has 0 aromatic heterocycles. The zero-order valence-electron chi connectivity index (χ0n) is 19.3. The lowest BCUT2D eigenvalue weighted by molar-refractivity contribution is -0.120. The third kappa shape index (κ3) is 4.45. The van der Waals surface area contributed by atoms with Gasteiger partial charge in [-0.2, -0.15) is 0 Å². The Morgan fingerprint density at radius 2 is 1.47 bits per heavy atom. The van der Waals surface area contributed by atoms with E-state index in [0.29, 0.717) is 47.4 Å². The van der Waals surface area contributed by atoms with E-state index >= 15 is 0 Å². The Morgan fingerprint density at radius 1 is 0.794 bits per heavy atom. The lowest BCUT2D eigenvalue weighted by Crippen LogP contribution is -2.32. The summed E-state index contributed by atoms with van der Waals surface area (Å²) in [7, 11) is 1.53. The summed E-state index contributed by atoms with van der Waals surface area (Å²) in [4.78, 5) is 28.5. The van der Waals surface area contributed by atoms with Gasteiger partial charge in [0.1, 0.15) is 22.9 Å². The van der Waals surface area contributed by atoms with E-state index in [1.54, 1.807) is 48.5 Å². The van der Waals surface area contributed by atoms with Crippen LogP contribution in [0.3, 0.4) is 0 Å². The van der Waals surface area contributed by atoms with E-state index in [1.165, 1.54) is 7.11 Å². The molecule has 174 valence electrons. The van der Waals surface area contributed by atoms with Crippen LogP contribution in [0, 0.1) is 0 Å². The number of imide groups is 1. The molecule has 0 spiro atoms. The third-order valence-corrected chi connectivity index (χ3v) is 5.26. The van der Waals surface area contributed by atoms with Crippen LogP contribution < -0.4 is 24.4 Å². The number of nitrogens with zero attached hydrogens (tertiary/aromatic N) is 1. The normalized spacial score (nSPS) is 13.3. The van der Waals surface area contributed by atoms with E-state index in [2.05, 4.69) is 5.32 Å². The molecule has 1 heterocycles. The van der Waals surface area contributed by atoms with Crippen molar-refractivity contribution in [3.8, 4) is 17.2 Å². The molecule has 0 radical (unpaired) electrons. The molecule has 3 aromatic rings. The fourth-order valence-corrected chi connectivity index (χ4v) is 3.83. The second-order valence-corrected chi connectivity index (χ2v) is 7.41. The fraction of sp³-hybridized carbons (Fsp3) is 0.185. The van der Waals surface area contributed by atoms with E-state index < -0.39 is 11.8 Å². The molecule has 7 nitrogen and oxygen atoms in total. The van der Waals surface area contributed by atoms with Gasteiger partial charge in [0.05, 0.1) is 31.6 Å². The summed E-state index contributed by atoms with van der Waals surface area (Å²) in [6, 6.07) is 21.3. The van der Waals surface area contributed by atoms with Gasteiger partial charge in [0, 0.05) is 23.4 Å². The molecular weight excluding hydrogens is 432 g/mol. The van der Waals surface area contributed by atoms with Crippen LogP contribution >= 0.6 is 0 Å². The second kappa shape index (κ2) is 10.1. The summed E-state index contributed by atoms with van der Waals surface area (Å²) in [5.41, 5.74) is 1.96. The molecule has 1 aliphatic rings. The minimum atomic E-state index is -0.471. The highest BCUT2D eigenvalue weighted by molar-refractivity contribution is 6.46. The summed E-state index contributed by atoms with van der Waals surface area (Å²) in [5.74, 6) is 0.800. The van der Waals surface area contributed by atoms with Crippen molar-refractivity contribution in [1.82, 2.24) is 0 Å². The Morgan fingerprint density at radius 3 is 2.18 bits per heavy atom. The van der Waals surface area contributed by atoms with Crippen molar-refractivity contribution in [2.24, 2.45) is 0 Å². The number of carbonyl (C=O) groups excluding carboxylic acids is 2. The minimum absolute atomic E-state index is 0.157. The van der Waals surface area contributed by atoms with Gasteiger partial charge in [0.25, 0.3) is 11.8 Å². The molecule has 4 rings (SSSR count). The third-order valence-electron chi connectivity index (χ3n) is 5.26. The van der Waals surface area contributed by atoms with Crippen LogP contribution in [-0.4, -0.2) is 32.1 Å². The second-order valence-electron chi connectivity index (χ2n) is 7.41. The first-order valence-corrected chi connectivity index (χ1v) is 11.1. The Balaban J connectivity index is 1.82. The number of para-hydroxylation sites is 1. The number of amides is 2. The molecule has 0 saturated heterocycles. The van der Waals surface area contributed by atoms with Gasteiger partial charge in [-0.25, -0.2) is 4.90 Å². The summed E-state index contributed by atoms with van der Waals surface area (Å²) in [6.45, 7) is 4.76. The zero-order chi connectivity index (χ0) is 24.1. The predicted octanol–water partition coefficient (Wildman–Crippen LogP) is 4.89. The summed E-state index contributed by atoms with van der Waals surface area (Å²) in [5, 5.41) is 3.16. The average Bonchev–Trinajstić information content (AvgIpc) is 3.09. The number of carbonyl (C=O) groups is 2. The highest BCUT2D eigenvalue weighted by atomic mass is 16.5. The SMILES string of the molecule is CCOc1cccc(NC2=C(c3ccccc3OC)C(=O)N(c3cccc(OCC)c3)C2=O)c1. The molecule has 0 aliphatic carbocycles. The fourth-order valence-electron chi connectivity index (χ4n) is 3.83. The van der Waals surface area contributed by atoms with Crippen LogP contribution in [-0.2, 0) is 9.59 Å². The van der Waals surface area contributed by atoms with Gasteiger partial charge >= 0.3 is 0 Å². The number of anilines is 2. The molecule has 1 aliphatic heterocycles. The maximum Gasteiger partial charge on any atom is 0.282 e. The van der Waals surface area contributed by atoms with E-state index in [9.17, 15) is 9.59 Å². The highest BCUT2D eigenvalue weighted by Gasteiger charge is 2.41. The first-order chi connectivity index (χ1) is 16.6. The van der Waals surface area contributed by atoms with Gasteiger partial charge in [-0.15, -0.1) is 0 Å². The Hall–Kier alpha value is -4.26. The van der Waals surface area contributed by atoms with Crippen LogP contribution in [0.15, 0.2) is 78.5 Å². The van der Waals surface area contributed by atoms with Crippen molar-refractivity contribution in [3.63, 3.8) is 0 Å². The van der Waals surface area contributed by atoms with Crippen molar-refractivity contribution < 1.29 is 23.8 Å². The number of hydrogen-bond acceptors (Lipinski definition) is 6. The Labute approximate surface area is 198 Å². The number of nitrogens with one attached hydrogen (secondary N) is 1. The van der Waals surface area contributed by atoms with E-state index in [-0.39, 0.29) is 11.3 Å². The number of ether oxygens (including phenoxy) is 3. The van der Waals surface area contributed by atoms with Gasteiger partial charge in [-0.3, -0.25) is 9.59 Å². The van der Waals surface area contributed by atoms with Crippen molar-refractivity contribution >= 4 is 28.8 Å². The van der Waals surface area contributed by atoms with Crippen LogP contribution in [0.5, 0.6) is 17.2 Å². The molecule has 0 fully saturated rings. The topological polar surface area (TPSA) is 77.1 Å². The number of methoxy groups -OCH3 is 1. The molecule has 1 N–H and O–H groups in total. The molecule has 3 aromatic carbocycles. The molecule has 7 heteroatoms. The van der Waals surface area contributed by atoms with Gasteiger partial charge in [-0.05, 0) is 44.2 Å². The highest BCUT2D eigenvalue weighted by Crippen LogP contribution is 2.38. The number of hydrogen-bond donors (Lipinski definition) is 1. The minimum Gasteiger partial charge on any atom is -0.496 e. The maximum absolute atomic E-state index is 13.7. The van der Waals surface area contributed by atoms with Crippen molar-refractivity contribution in [2.75, 3.05) is 30.5 Å². The quantitative estimate of drug-likeness (QED) is 0.460. The molecule has 34 heavy (non-hydrogen) atoms. The van der Waals surface area contributed by atoms with Crippen molar-refractivity contribution in [3.05, 3.63) is 84.1 Å². The van der Waals surface area contributed by atoms with Crippen LogP contribution in [0.1, 0.15) is 19.4 Å². The van der Waals surface area contributed by atoms with E-state index in [4.69, 9.17) is 14.2 Å². The smallest absolute Gasteiger partial charge is 0.282 e. The van der Waals surface area contributed by atoms with Crippen LogP contribution in [0.2, 0.25) is 0 Å². The number of rotatable bonds is 9. The molecule has 0 atom stereocenters. The van der Waals surface area contributed by atoms with Gasteiger partial charge < -0.3 is 19.5 Å². The lowest BCUT2D eigenvalue weighted by Gasteiger charge is -2.17. The molecule has 0 unspecified atom stereocenters. The largest absolute Gasteiger partial charge is 0.496 e. The maximum atomic E-state index is 13.7. The average molecular weight is 459 g/mol. The molecule has 0 bridgehead atoms. The molecule has 0 saturated carbocycles. The molecular formula is C27H26N2O5.